The van der Waals surface area contributed by atoms with Crippen LogP contribution in [0.1, 0.15) is 21.2 Å². The molecule has 7 heteroatoms. The summed E-state index contributed by atoms with van der Waals surface area (Å²) in [7, 11) is -2.02. The summed E-state index contributed by atoms with van der Waals surface area (Å²) in [4.78, 5) is 0. The maximum atomic E-state index is 10.8. The van der Waals surface area contributed by atoms with E-state index in [0.29, 0.717) is 19.7 Å². The van der Waals surface area contributed by atoms with Gasteiger partial charge in [0.05, 0.1) is 0 Å². The SMILES string of the molecule is CCCCO[P+](=O)ONCCN.[H-].[K+]. The summed E-state index contributed by atoms with van der Waals surface area (Å²) in [6, 6.07) is 0. The minimum absolute atomic E-state index is 0. The molecule has 74 valence electrons. The standard InChI is InChI=1S/C6H16N2O3P.K.H/c1-2-3-6-10-12(9)11-8-5-4-7;;/h8H,2-7H2,1H3;;/q2*+1;-1. The average Bonchev–Trinajstić information content (AvgIpc) is 2.06. The Morgan fingerprint density at radius 2 is 2.31 bits per heavy atom. The Hall–Kier alpha value is 1.58. The molecule has 0 amide bonds. The topological polar surface area (TPSA) is 73.6 Å². The second-order valence-electron chi connectivity index (χ2n) is 2.18. The van der Waals surface area contributed by atoms with Crippen molar-refractivity contribution in [2.45, 2.75) is 19.8 Å². The van der Waals surface area contributed by atoms with E-state index in [9.17, 15) is 4.57 Å². The van der Waals surface area contributed by atoms with Crippen molar-refractivity contribution in [2.75, 3.05) is 19.7 Å². The zero-order valence-electron chi connectivity index (χ0n) is 9.28. The van der Waals surface area contributed by atoms with Crippen LogP contribution in [0, 0.1) is 0 Å². The van der Waals surface area contributed by atoms with Crippen molar-refractivity contribution in [3.8, 4) is 0 Å². The molecule has 0 spiro atoms. The van der Waals surface area contributed by atoms with Gasteiger partial charge in [0, 0.05) is 17.7 Å². The molecule has 0 radical (unpaired) electrons. The number of nitrogens with one attached hydrogen (secondary N) is 1. The Morgan fingerprint density at radius 3 is 2.85 bits per heavy atom. The molecule has 0 aromatic carbocycles. The van der Waals surface area contributed by atoms with Gasteiger partial charge in [-0.25, -0.2) is 0 Å². The molecule has 0 fully saturated rings. The third-order valence-electron chi connectivity index (χ3n) is 1.08. The van der Waals surface area contributed by atoms with E-state index in [4.69, 9.17) is 10.3 Å². The molecular weight excluding hydrogens is 218 g/mol. The second-order valence-corrected chi connectivity index (χ2v) is 3.07. The Balaban J connectivity index is -0.000000605. The predicted octanol–water partition coefficient (Wildman–Crippen LogP) is -1.94. The van der Waals surface area contributed by atoms with Gasteiger partial charge in [0.25, 0.3) is 0 Å². The van der Waals surface area contributed by atoms with Gasteiger partial charge in [-0.05, 0) is 11.0 Å². The molecule has 0 aliphatic heterocycles. The molecule has 1 atom stereocenters. The van der Waals surface area contributed by atoms with Crippen molar-refractivity contribution in [3.63, 3.8) is 0 Å². The normalized spacial score (nSPS) is 10.8. The first-order valence-electron chi connectivity index (χ1n) is 4.01. The molecule has 0 heterocycles. The fourth-order valence-corrected chi connectivity index (χ4v) is 0.995. The number of hydrogen-bond acceptors (Lipinski definition) is 5. The van der Waals surface area contributed by atoms with Gasteiger partial charge in [-0.15, -0.1) is 10.0 Å². The Labute approximate surface area is 124 Å². The third-order valence-corrected chi connectivity index (χ3v) is 1.75. The van der Waals surface area contributed by atoms with Gasteiger partial charge >= 0.3 is 59.6 Å². The van der Waals surface area contributed by atoms with Crippen LogP contribution >= 0.6 is 8.25 Å². The van der Waals surface area contributed by atoms with Crippen molar-refractivity contribution >= 4 is 8.25 Å². The molecule has 0 saturated heterocycles. The van der Waals surface area contributed by atoms with Gasteiger partial charge in [-0.1, -0.05) is 13.3 Å². The Kier molecular flexibility index (Phi) is 17.7. The first-order chi connectivity index (χ1) is 5.81. The zero-order valence-corrected chi connectivity index (χ0v) is 12.3. The number of rotatable bonds is 8. The summed E-state index contributed by atoms with van der Waals surface area (Å²) < 4.78 is 20.2. The van der Waals surface area contributed by atoms with E-state index < -0.39 is 8.25 Å². The van der Waals surface area contributed by atoms with Crippen molar-refractivity contribution in [1.82, 2.24) is 5.48 Å². The molecule has 0 aliphatic rings. The first kappa shape index (κ1) is 17.0. The van der Waals surface area contributed by atoms with Gasteiger partial charge in [0.1, 0.15) is 6.61 Å². The van der Waals surface area contributed by atoms with E-state index in [0.717, 1.165) is 12.8 Å². The minimum atomic E-state index is -2.02. The van der Waals surface area contributed by atoms with Gasteiger partial charge < -0.3 is 7.16 Å². The van der Waals surface area contributed by atoms with Crippen LogP contribution in [0.3, 0.4) is 0 Å². The smallest absolute Gasteiger partial charge is 1.00 e. The maximum absolute atomic E-state index is 10.8. The van der Waals surface area contributed by atoms with Crippen molar-refractivity contribution in [1.29, 1.82) is 0 Å². The molecular formula is C6H17KN2O3P+. The molecule has 5 nitrogen and oxygen atoms in total. The van der Waals surface area contributed by atoms with Crippen LogP contribution in [0.2, 0.25) is 0 Å². The second kappa shape index (κ2) is 13.6. The molecule has 0 aliphatic carbocycles. The molecule has 0 saturated carbocycles. The van der Waals surface area contributed by atoms with Crippen LogP contribution in [0.4, 0.5) is 0 Å². The average molecular weight is 235 g/mol. The fourth-order valence-electron chi connectivity index (χ4n) is 0.467. The summed E-state index contributed by atoms with van der Waals surface area (Å²) in [6.07, 6.45) is 1.90. The van der Waals surface area contributed by atoms with Crippen molar-refractivity contribution in [3.05, 3.63) is 0 Å². The molecule has 1 unspecified atom stereocenters. The minimum Gasteiger partial charge on any atom is -1.00 e. The molecule has 0 aromatic rings. The summed E-state index contributed by atoms with van der Waals surface area (Å²) >= 11 is 0. The predicted molar refractivity (Wildman–Crippen MR) is 47.7 cm³/mol. The number of nitrogens with two attached hydrogens (primary N) is 1. The van der Waals surface area contributed by atoms with E-state index in [1.165, 1.54) is 0 Å². The summed E-state index contributed by atoms with van der Waals surface area (Å²) in [5.41, 5.74) is 7.59. The summed E-state index contributed by atoms with van der Waals surface area (Å²) in [5.74, 6) is 0. The quantitative estimate of drug-likeness (QED) is 0.221. The van der Waals surface area contributed by atoms with Gasteiger partial charge in [0.15, 0.2) is 0 Å². The molecule has 3 N–H and O–H groups in total. The van der Waals surface area contributed by atoms with E-state index >= 15 is 0 Å². The zero-order chi connectivity index (χ0) is 9.23. The van der Waals surface area contributed by atoms with Crippen LogP contribution in [-0.4, -0.2) is 19.7 Å². The maximum Gasteiger partial charge on any atom is 1.00 e. The molecule has 13 heavy (non-hydrogen) atoms. The van der Waals surface area contributed by atoms with Crippen molar-refractivity contribution < 1.29 is 66.5 Å². The van der Waals surface area contributed by atoms with Gasteiger partial charge in [-0.2, -0.15) is 0 Å². The summed E-state index contributed by atoms with van der Waals surface area (Å²) in [5, 5.41) is 0. The third kappa shape index (κ3) is 13.6. The van der Waals surface area contributed by atoms with Crippen LogP contribution < -0.4 is 62.6 Å². The van der Waals surface area contributed by atoms with Crippen LogP contribution in [0.5, 0.6) is 0 Å². The van der Waals surface area contributed by atoms with Crippen LogP contribution in [-0.2, 0) is 13.7 Å². The van der Waals surface area contributed by atoms with E-state index in [2.05, 4.69) is 10.1 Å². The fraction of sp³-hybridized carbons (Fsp3) is 1.00. The Bertz CT molecular complexity index is 122. The van der Waals surface area contributed by atoms with Gasteiger partial charge in [0.2, 0.25) is 0 Å². The molecule has 0 aromatic heterocycles. The van der Waals surface area contributed by atoms with Crippen LogP contribution in [0.15, 0.2) is 0 Å². The van der Waals surface area contributed by atoms with Gasteiger partial charge in [-0.3, -0.25) is 0 Å². The first-order valence-corrected chi connectivity index (χ1v) is 5.10. The number of hydrogen-bond donors (Lipinski definition) is 2. The number of unbranched alkanes of at least 4 members (excludes halogenated alkanes) is 1. The monoisotopic (exact) mass is 235 g/mol. The van der Waals surface area contributed by atoms with E-state index in [1.807, 2.05) is 6.92 Å². The number of hydroxylamine groups is 1. The van der Waals surface area contributed by atoms with Crippen molar-refractivity contribution in [2.24, 2.45) is 5.73 Å². The van der Waals surface area contributed by atoms with E-state index in [-0.39, 0.29) is 52.8 Å². The Morgan fingerprint density at radius 1 is 1.62 bits per heavy atom. The largest absolute Gasteiger partial charge is 1.00 e. The van der Waals surface area contributed by atoms with E-state index in [1.54, 1.807) is 0 Å². The molecule has 0 bridgehead atoms. The van der Waals surface area contributed by atoms with Crippen LogP contribution in [0.25, 0.3) is 0 Å². The molecule has 0 rings (SSSR count). The summed E-state index contributed by atoms with van der Waals surface area (Å²) in [6.45, 7) is 3.41.